The lowest BCUT2D eigenvalue weighted by Gasteiger charge is -2.11. The Balaban J connectivity index is 2.39. The SMILES string of the molecule is NC[C@@H](N)c1cccc(-c2cccc(F)c2)c1. The van der Waals surface area contributed by atoms with Crippen LogP contribution in [0.2, 0.25) is 0 Å². The van der Waals surface area contributed by atoms with Crippen LogP contribution in [0.4, 0.5) is 4.39 Å². The van der Waals surface area contributed by atoms with Gasteiger partial charge in [0.1, 0.15) is 5.82 Å². The van der Waals surface area contributed by atoms with Crippen LogP contribution < -0.4 is 11.5 Å². The molecule has 4 N–H and O–H groups in total. The second-order valence-corrected chi connectivity index (χ2v) is 3.98. The van der Waals surface area contributed by atoms with Gasteiger partial charge >= 0.3 is 0 Å². The Morgan fingerprint density at radius 2 is 1.65 bits per heavy atom. The average molecular weight is 230 g/mol. The summed E-state index contributed by atoms with van der Waals surface area (Å²) in [6, 6.07) is 14.0. The quantitative estimate of drug-likeness (QED) is 0.851. The third-order valence-corrected chi connectivity index (χ3v) is 2.73. The number of nitrogens with two attached hydrogens (primary N) is 2. The first-order valence-electron chi connectivity index (χ1n) is 5.52. The van der Waals surface area contributed by atoms with Crippen molar-refractivity contribution in [3.8, 4) is 11.1 Å². The number of hydrogen-bond donors (Lipinski definition) is 2. The summed E-state index contributed by atoms with van der Waals surface area (Å²) in [7, 11) is 0. The van der Waals surface area contributed by atoms with E-state index in [0.717, 1.165) is 16.7 Å². The van der Waals surface area contributed by atoms with Gasteiger partial charge in [-0.3, -0.25) is 0 Å². The summed E-state index contributed by atoms with van der Waals surface area (Å²) < 4.78 is 13.1. The van der Waals surface area contributed by atoms with E-state index in [1.165, 1.54) is 12.1 Å². The standard InChI is InChI=1S/C14H15FN2/c15-13-6-2-4-11(8-13)10-3-1-5-12(7-10)14(17)9-16/h1-8,14H,9,16-17H2/t14-/m1/s1. The molecule has 17 heavy (non-hydrogen) atoms. The van der Waals surface area contributed by atoms with Gasteiger partial charge in [-0.1, -0.05) is 30.3 Å². The summed E-state index contributed by atoms with van der Waals surface area (Å²) in [5.74, 6) is -0.240. The van der Waals surface area contributed by atoms with Crippen LogP contribution in [0.15, 0.2) is 48.5 Å². The van der Waals surface area contributed by atoms with Crippen LogP contribution in [0.3, 0.4) is 0 Å². The predicted octanol–water partition coefficient (Wildman–Crippen LogP) is 2.45. The van der Waals surface area contributed by atoms with E-state index in [9.17, 15) is 4.39 Å². The smallest absolute Gasteiger partial charge is 0.123 e. The van der Waals surface area contributed by atoms with Gasteiger partial charge in [-0.25, -0.2) is 4.39 Å². The van der Waals surface area contributed by atoms with Gasteiger partial charge in [0.15, 0.2) is 0 Å². The molecule has 0 fully saturated rings. The van der Waals surface area contributed by atoms with Crippen molar-refractivity contribution in [2.24, 2.45) is 11.5 Å². The predicted molar refractivity (Wildman–Crippen MR) is 67.8 cm³/mol. The average Bonchev–Trinajstić information content (AvgIpc) is 2.38. The number of rotatable bonds is 3. The van der Waals surface area contributed by atoms with E-state index < -0.39 is 0 Å². The molecule has 0 aliphatic rings. The van der Waals surface area contributed by atoms with E-state index >= 15 is 0 Å². The van der Waals surface area contributed by atoms with Crippen molar-refractivity contribution >= 4 is 0 Å². The van der Waals surface area contributed by atoms with Crippen molar-refractivity contribution in [1.82, 2.24) is 0 Å². The van der Waals surface area contributed by atoms with Crippen LogP contribution in [0.1, 0.15) is 11.6 Å². The van der Waals surface area contributed by atoms with Gasteiger partial charge in [0.05, 0.1) is 0 Å². The molecule has 0 saturated carbocycles. The van der Waals surface area contributed by atoms with Crippen molar-refractivity contribution in [2.75, 3.05) is 6.54 Å². The first kappa shape index (κ1) is 11.8. The Hall–Kier alpha value is -1.71. The number of benzene rings is 2. The van der Waals surface area contributed by atoms with Gasteiger partial charge in [0.25, 0.3) is 0 Å². The Morgan fingerprint density at radius 1 is 1.00 bits per heavy atom. The Kier molecular flexibility index (Phi) is 3.52. The monoisotopic (exact) mass is 230 g/mol. The van der Waals surface area contributed by atoms with E-state index in [2.05, 4.69) is 0 Å². The van der Waals surface area contributed by atoms with Gasteiger partial charge < -0.3 is 11.5 Å². The second kappa shape index (κ2) is 5.08. The first-order valence-corrected chi connectivity index (χ1v) is 5.52. The fraction of sp³-hybridized carbons (Fsp3) is 0.143. The van der Waals surface area contributed by atoms with Gasteiger partial charge in [-0.15, -0.1) is 0 Å². The minimum atomic E-state index is -0.240. The van der Waals surface area contributed by atoms with Crippen molar-refractivity contribution in [3.05, 3.63) is 59.9 Å². The highest BCUT2D eigenvalue weighted by Gasteiger charge is 2.05. The van der Waals surface area contributed by atoms with E-state index in [0.29, 0.717) is 6.54 Å². The highest BCUT2D eigenvalue weighted by Crippen LogP contribution is 2.22. The zero-order valence-electron chi connectivity index (χ0n) is 9.44. The van der Waals surface area contributed by atoms with Crippen LogP contribution >= 0.6 is 0 Å². The van der Waals surface area contributed by atoms with Gasteiger partial charge in [-0.2, -0.15) is 0 Å². The summed E-state index contributed by atoms with van der Waals surface area (Å²) in [4.78, 5) is 0. The Labute approximate surface area is 100 Å². The molecular weight excluding hydrogens is 215 g/mol. The van der Waals surface area contributed by atoms with Crippen LogP contribution in [0.25, 0.3) is 11.1 Å². The summed E-state index contributed by atoms with van der Waals surface area (Å²) in [6.45, 7) is 0.395. The molecule has 0 radical (unpaired) electrons. The highest BCUT2D eigenvalue weighted by atomic mass is 19.1. The molecule has 1 atom stereocenters. The molecule has 2 nitrogen and oxygen atoms in total. The lowest BCUT2D eigenvalue weighted by molar-refractivity contribution is 0.628. The molecule has 2 aromatic carbocycles. The summed E-state index contributed by atoms with van der Waals surface area (Å²) in [5.41, 5.74) is 14.2. The summed E-state index contributed by atoms with van der Waals surface area (Å²) >= 11 is 0. The lowest BCUT2D eigenvalue weighted by Crippen LogP contribution is -2.20. The largest absolute Gasteiger partial charge is 0.329 e. The molecule has 0 spiro atoms. The van der Waals surface area contributed by atoms with Gasteiger partial charge in [-0.05, 0) is 34.9 Å². The third-order valence-electron chi connectivity index (χ3n) is 2.73. The van der Waals surface area contributed by atoms with E-state index in [1.54, 1.807) is 6.07 Å². The molecule has 0 bridgehead atoms. The summed E-state index contributed by atoms with van der Waals surface area (Å²) in [5, 5.41) is 0. The maximum absolute atomic E-state index is 13.1. The van der Waals surface area contributed by atoms with Crippen molar-refractivity contribution < 1.29 is 4.39 Å². The first-order chi connectivity index (χ1) is 8.20. The van der Waals surface area contributed by atoms with Crippen LogP contribution in [0, 0.1) is 5.82 Å². The maximum atomic E-state index is 13.1. The Bertz CT molecular complexity index is 511. The van der Waals surface area contributed by atoms with Crippen molar-refractivity contribution in [1.29, 1.82) is 0 Å². The molecule has 0 saturated heterocycles. The minimum Gasteiger partial charge on any atom is -0.329 e. The fourth-order valence-electron chi connectivity index (χ4n) is 1.75. The maximum Gasteiger partial charge on any atom is 0.123 e. The van der Waals surface area contributed by atoms with Crippen LogP contribution in [0.5, 0.6) is 0 Å². The van der Waals surface area contributed by atoms with Crippen LogP contribution in [-0.4, -0.2) is 6.54 Å². The number of halogens is 1. The topological polar surface area (TPSA) is 52.0 Å². The number of hydrogen-bond acceptors (Lipinski definition) is 2. The molecule has 0 aliphatic carbocycles. The van der Waals surface area contributed by atoms with Gasteiger partial charge in [0, 0.05) is 12.6 Å². The highest BCUT2D eigenvalue weighted by molar-refractivity contribution is 5.64. The fourth-order valence-corrected chi connectivity index (χ4v) is 1.75. The molecule has 3 heteroatoms. The molecule has 0 amide bonds. The van der Waals surface area contributed by atoms with E-state index in [4.69, 9.17) is 11.5 Å². The molecule has 0 aromatic heterocycles. The molecule has 0 heterocycles. The Morgan fingerprint density at radius 3 is 2.29 bits per heavy atom. The minimum absolute atomic E-state index is 0.177. The molecule has 0 unspecified atom stereocenters. The van der Waals surface area contributed by atoms with E-state index in [1.807, 2.05) is 30.3 Å². The van der Waals surface area contributed by atoms with Crippen molar-refractivity contribution in [3.63, 3.8) is 0 Å². The summed E-state index contributed by atoms with van der Waals surface area (Å²) in [6.07, 6.45) is 0. The molecule has 2 aromatic rings. The zero-order valence-corrected chi connectivity index (χ0v) is 9.44. The second-order valence-electron chi connectivity index (χ2n) is 3.98. The van der Waals surface area contributed by atoms with E-state index in [-0.39, 0.29) is 11.9 Å². The normalized spacial score (nSPS) is 12.4. The molecule has 2 rings (SSSR count). The molecule has 88 valence electrons. The van der Waals surface area contributed by atoms with Crippen LogP contribution in [-0.2, 0) is 0 Å². The zero-order chi connectivity index (χ0) is 12.3. The van der Waals surface area contributed by atoms with Gasteiger partial charge in [0.2, 0.25) is 0 Å². The van der Waals surface area contributed by atoms with Crippen molar-refractivity contribution in [2.45, 2.75) is 6.04 Å². The third kappa shape index (κ3) is 2.70. The lowest BCUT2D eigenvalue weighted by atomic mass is 10.00. The molecular formula is C14H15FN2. The molecule has 0 aliphatic heterocycles.